The molecule has 2 nitrogen and oxygen atoms in total. The molecule has 0 amide bonds. The average Bonchev–Trinajstić information content (AvgIpc) is 3.08. The van der Waals surface area contributed by atoms with Gasteiger partial charge in [-0.3, -0.25) is 0 Å². The van der Waals surface area contributed by atoms with Crippen molar-refractivity contribution in [2.45, 2.75) is 156 Å². The van der Waals surface area contributed by atoms with Gasteiger partial charge in [-0.15, -0.1) is 12.3 Å². The van der Waals surface area contributed by atoms with Gasteiger partial charge in [0.1, 0.15) is 0 Å². The molecule has 0 aromatic heterocycles. The molecule has 198 valence electrons. The van der Waals surface area contributed by atoms with Crippen molar-refractivity contribution in [3.05, 3.63) is 0 Å². The van der Waals surface area contributed by atoms with Crippen molar-refractivity contribution in [2.75, 3.05) is 0 Å². The summed E-state index contributed by atoms with van der Waals surface area (Å²) in [6.07, 6.45) is 13.5. The van der Waals surface area contributed by atoms with Gasteiger partial charge in [-0.1, -0.05) is 47.5 Å². The fourth-order valence-electron chi connectivity index (χ4n) is 6.89. The predicted octanol–water partition coefficient (Wildman–Crippen LogP) is 9.42. The zero-order chi connectivity index (χ0) is 31.2. The largest absolute Gasteiger partial charge is 0.414 e. The molecule has 2 aliphatic carbocycles. The summed E-state index contributed by atoms with van der Waals surface area (Å²) in [6, 6.07) is 0. The highest BCUT2D eigenvalue weighted by Gasteiger charge is 2.57. The first kappa shape index (κ1) is 21.9. The Labute approximate surface area is 224 Å². The van der Waals surface area contributed by atoms with E-state index < -0.39 is 35.9 Å². The van der Waals surface area contributed by atoms with Gasteiger partial charge >= 0.3 is 0 Å². The van der Waals surface area contributed by atoms with Crippen molar-refractivity contribution in [3.63, 3.8) is 0 Å². The molecular weight excluding hydrogens is 449 g/mol. The Hall–Kier alpha value is -0.0862. The quantitative estimate of drug-likeness (QED) is 0.214. The first-order chi connectivity index (χ1) is 17.8. The molecule has 0 N–H and O–H groups in total. The van der Waals surface area contributed by atoms with Crippen LogP contribution in [-0.2, 0) is 8.85 Å². The van der Waals surface area contributed by atoms with Crippen LogP contribution in [0.3, 0.4) is 0 Å². The van der Waals surface area contributed by atoms with E-state index in [0.29, 0.717) is 31.1 Å². The van der Waals surface area contributed by atoms with Crippen LogP contribution in [0.25, 0.3) is 0 Å². The topological polar surface area (TPSA) is 18.5 Å². The van der Waals surface area contributed by atoms with Crippen LogP contribution in [0, 0.1) is 35.0 Å². The second kappa shape index (κ2) is 10.3. The highest BCUT2D eigenvalue weighted by atomic mass is 28.4. The Morgan fingerprint density at radius 2 is 1.68 bits per heavy atom. The Morgan fingerprint density at radius 3 is 2.21 bits per heavy atom. The molecule has 34 heavy (non-hydrogen) atoms. The van der Waals surface area contributed by atoms with Crippen molar-refractivity contribution >= 4 is 16.6 Å². The van der Waals surface area contributed by atoms with Crippen LogP contribution in [-0.4, -0.2) is 28.3 Å². The van der Waals surface area contributed by atoms with Crippen molar-refractivity contribution in [1.82, 2.24) is 0 Å². The van der Waals surface area contributed by atoms with Gasteiger partial charge in [-0.2, -0.15) is 0 Å². The van der Waals surface area contributed by atoms with Crippen LogP contribution in [0.4, 0.5) is 0 Å². The lowest BCUT2D eigenvalue weighted by Crippen LogP contribution is -2.51. The van der Waals surface area contributed by atoms with E-state index in [1.165, 1.54) is 0 Å². The van der Waals surface area contributed by atoms with E-state index >= 15 is 0 Å². The summed E-state index contributed by atoms with van der Waals surface area (Å²) in [5.41, 5.74) is -2.29. The lowest BCUT2D eigenvalue weighted by molar-refractivity contribution is -0.0441. The SMILES string of the molecule is [2H]C([2H])([2H])C(CCC[C@](C)(CC#C)[C@H]1CC[C@H]2[C@@H](O[Si](C)(C)C(C)(C)C)CCC[C@]12C)(O[Si](C)(C)C)C([2H])([2H])[2H]. The second-order valence-electron chi connectivity index (χ2n) is 14.5. The van der Waals surface area contributed by atoms with E-state index in [1.807, 2.05) is 19.6 Å². The lowest BCUT2D eigenvalue weighted by Gasteiger charge is -2.52. The van der Waals surface area contributed by atoms with Crippen LogP contribution < -0.4 is 0 Å². The first-order valence-corrected chi connectivity index (χ1v) is 19.9. The first-order valence-electron chi connectivity index (χ1n) is 16.6. The zero-order valence-corrected chi connectivity index (χ0v) is 26.0. The van der Waals surface area contributed by atoms with Gasteiger partial charge in [0.15, 0.2) is 16.6 Å². The molecule has 0 aliphatic heterocycles. The van der Waals surface area contributed by atoms with Gasteiger partial charge in [0.25, 0.3) is 0 Å². The fraction of sp³-hybridized carbons (Fsp3) is 0.933. The minimum absolute atomic E-state index is 0.0333. The van der Waals surface area contributed by atoms with E-state index in [0.717, 1.165) is 32.1 Å². The van der Waals surface area contributed by atoms with Crippen molar-refractivity contribution in [2.24, 2.45) is 22.7 Å². The highest BCUT2D eigenvalue weighted by molar-refractivity contribution is 6.74. The molecule has 2 fully saturated rings. The molecule has 0 radical (unpaired) electrons. The molecule has 4 heteroatoms. The van der Waals surface area contributed by atoms with Gasteiger partial charge in [0.2, 0.25) is 0 Å². The minimum Gasteiger partial charge on any atom is -0.414 e. The Morgan fingerprint density at radius 1 is 1.03 bits per heavy atom. The number of terminal acetylenes is 1. The standard InChI is InChI=1S/C30H58O2Si2/c1-14-20-29(7,22-16-21-28(5,6)32-33(9,10)11)26-19-18-24-25(17-15-23-30(24,26)8)31-34(12,13)27(2,3)4/h1,24-26H,15-23H2,2-13H3/t24-,25-,26+,29-,30-/m0/s1/i5D3,6D3. The molecule has 5 atom stereocenters. The molecule has 0 heterocycles. The number of rotatable bonds is 10. The molecule has 0 aromatic rings. The Balaban J connectivity index is 2.35. The number of fused-ring (bicyclic) bond motifs is 1. The van der Waals surface area contributed by atoms with Gasteiger partial charge < -0.3 is 8.85 Å². The lowest BCUT2D eigenvalue weighted by atomic mass is 9.56. The summed E-state index contributed by atoms with van der Waals surface area (Å²) in [4.78, 5) is 0. The van der Waals surface area contributed by atoms with Crippen LogP contribution in [0.1, 0.15) is 114 Å². The van der Waals surface area contributed by atoms with Crippen molar-refractivity contribution in [3.8, 4) is 12.3 Å². The Bertz CT molecular complexity index is 898. The summed E-state index contributed by atoms with van der Waals surface area (Å²) >= 11 is 0. The molecule has 0 bridgehead atoms. The van der Waals surface area contributed by atoms with Gasteiger partial charge in [0, 0.05) is 20.7 Å². The Kier molecular flexibility index (Phi) is 6.68. The molecule has 2 saturated carbocycles. The predicted molar refractivity (Wildman–Crippen MR) is 154 cm³/mol. The van der Waals surface area contributed by atoms with Crippen LogP contribution in [0.15, 0.2) is 0 Å². The van der Waals surface area contributed by atoms with E-state index in [1.54, 1.807) is 0 Å². The van der Waals surface area contributed by atoms with Crippen molar-refractivity contribution in [1.29, 1.82) is 0 Å². The van der Waals surface area contributed by atoms with Gasteiger partial charge in [-0.05, 0) is 113 Å². The highest BCUT2D eigenvalue weighted by Crippen LogP contribution is 2.63. The maximum Gasteiger partial charge on any atom is 0.192 e. The molecule has 2 aliphatic rings. The molecule has 2 rings (SSSR count). The third-order valence-corrected chi connectivity index (χ3v) is 14.9. The zero-order valence-electron chi connectivity index (χ0n) is 30.0. The summed E-state index contributed by atoms with van der Waals surface area (Å²) in [5, 5.41) is 0.160. The molecule has 0 unspecified atom stereocenters. The molecule has 0 spiro atoms. The fourth-order valence-corrected chi connectivity index (χ4v) is 9.43. The second-order valence-corrected chi connectivity index (χ2v) is 23.7. The van der Waals surface area contributed by atoms with Gasteiger partial charge in [0.05, 0.1) is 5.60 Å². The third kappa shape index (κ3) is 7.02. The molecule has 0 saturated heterocycles. The monoisotopic (exact) mass is 512 g/mol. The van der Waals surface area contributed by atoms with Crippen molar-refractivity contribution < 1.29 is 17.1 Å². The minimum atomic E-state index is -2.76. The van der Waals surface area contributed by atoms with Crippen LogP contribution >= 0.6 is 0 Å². The van der Waals surface area contributed by atoms with Gasteiger partial charge in [-0.25, -0.2) is 0 Å². The number of hydrogen-bond donors (Lipinski definition) is 0. The van der Waals surface area contributed by atoms with E-state index in [4.69, 9.17) is 23.5 Å². The summed E-state index contributed by atoms with van der Waals surface area (Å²) in [5.74, 6) is 3.80. The molecular formula is C30H58O2Si2. The summed E-state index contributed by atoms with van der Waals surface area (Å²) < 4.78 is 62.8. The van der Waals surface area contributed by atoms with E-state index in [-0.39, 0.29) is 28.4 Å². The molecule has 0 aromatic carbocycles. The van der Waals surface area contributed by atoms with E-state index in [2.05, 4.69) is 53.6 Å². The van der Waals surface area contributed by atoms with Crippen LogP contribution in [0.5, 0.6) is 0 Å². The normalized spacial score (nSPS) is 33.9. The smallest absolute Gasteiger partial charge is 0.192 e. The summed E-state index contributed by atoms with van der Waals surface area (Å²) in [7, 11) is -4.40. The maximum absolute atomic E-state index is 8.27. The summed E-state index contributed by atoms with van der Waals surface area (Å²) in [6.45, 7) is 16.3. The third-order valence-electron chi connectivity index (χ3n) is 9.42. The van der Waals surface area contributed by atoms with E-state index in [9.17, 15) is 0 Å². The average molecular weight is 513 g/mol. The number of hydrogen-bond acceptors (Lipinski definition) is 2. The maximum atomic E-state index is 8.27. The van der Waals surface area contributed by atoms with Crippen LogP contribution in [0.2, 0.25) is 37.8 Å².